The average Bonchev–Trinajstić information content (AvgIpc) is 2.52. The quantitative estimate of drug-likeness (QED) is 0.361. The minimum Gasteiger partial charge on any atom is -0.325 e. The number of anilines is 1. The maximum absolute atomic E-state index is 13.7. The molecule has 1 atom stereocenters. The standard InChI is InChI=1S/C12H15Cl3FN2O3PS2/c1-18(11(19)17-9-7-5-4-6-8(9)16)10(12(13,14)15)24-22(23,20-2)21-3/h4-7,10H,1-3H3,(H,17,19). The molecule has 0 saturated heterocycles. The highest BCUT2D eigenvalue weighted by Crippen LogP contribution is 2.64. The van der Waals surface area contributed by atoms with Crippen LogP contribution in [-0.4, -0.2) is 41.4 Å². The van der Waals surface area contributed by atoms with Crippen LogP contribution in [0.2, 0.25) is 0 Å². The zero-order valence-electron chi connectivity index (χ0n) is 12.8. The van der Waals surface area contributed by atoms with Crippen molar-refractivity contribution in [2.75, 3.05) is 26.6 Å². The first-order valence-electron chi connectivity index (χ1n) is 6.29. The molecule has 0 bridgehead atoms. The monoisotopic (exact) mass is 454 g/mol. The van der Waals surface area contributed by atoms with E-state index in [1.165, 1.54) is 39.5 Å². The Morgan fingerprint density at radius 3 is 2.38 bits per heavy atom. The highest BCUT2D eigenvalue weighted by atomic mass is 35.6. The van der Waals surface area contributed by atoms with E-state index in [9.17, 15) is 9.18 Å². The number of carbonyl (C=O) groups is 1. The number of para-hydroxylation sites is 1. The Bertz CT molecular complexity index is 628. The summed E-state index contributed by atoms with van der Waals surface area (Å²) in [6, 6.07) is 5.02. The molecule has 1 unspecified atom stereocenters. The fourth-order valence-corrected chi connectivity index (χ4v) is 6.71. The van der Waals surface area contributed by atoms with Gasteiger partial charge in [-0.3, -0.25) is 0 Å². The normalized spacial score (nSPS) is 13.5. The summed E-state index contributed by atoms with van der Waals surface area (Å²) in [5.74, 6) is -0.587. The first kappa shape index (κ1) is 22.3. The van der Waals surface area contributed by atoms with Gasteiger partial charge in [-0.05, 0) is 35.3 Å². The first-order chi connectivity index (χ1) is 11.0. The van der Waals surface area contributed by atoms with Crippen LogP contribution in [0.15, 0.2) is 24.3 Å². The van der Waals surface area contributed by atoms with E-state index in [1.807, 2.05) is 0 Å². The number of nitrogens with one attached hydrogen (secondary N) is 1. The molecule has 1 N–H and O–H groups in total. The van der Waals surface area contributed by atoms with E-state index in [-0.39, 0.29) is 5.69 Å². The van der Waals surface area contributed by atoms with Crippen LogP contribution >= 0.6 is 51.9 Å². The van der Waals surface area contributed by atoms with Gasteiger partial charge in [-0.25, -0.2) is 9.18 Å². The van der Waals surface area contributed by atoms with Crippen molar-refractivity contribution in [3.63, 3.8) is 0 Å². The fourth-order valence-electron chi connectivity index (χ4n) is 1.51. The van der Waals surface area contributed by atoms with E-state index >= 15 is 0 Å². The van der Waals surface area contributed by atoms with Gasteiger partial charge in [0.15, 0.2) is 0 Å². The molecule has 1 aromatic rings. The topological polar surface area (TPSA) is 50.8 Å². The minimum absolute atomic E-state index is 0.000308. The molecule has 0 fully saturated rings. The number of carbonyl (C=O) groups excluding carboxylic acids is 1. The van der Waals surface area contributed by atoms with E-state index in [0.717, 1.165) is 16.3 Å². The lowest BCUT2D eigenvalue weighted by Crippen LogP contribution is -2.45. The third-order valence-corrected chi connectivity index (χ3v) is 9.71. The summed E-state index contributed by atoms with van der Waals surface area (Å²) in [6.45, 7) is 0. The zero-order valence-corrected chi connectivity index (χ0v) is 17.6. The van der Waals surface area contributed by atoms with Crippen LogP contribution in [0.4, 0.5) is 14.9 Å². The summed E-state index contributed by atoms with van der Waals surface area (Å²) in [6.07, 6.45) is 0. The molecule has 0 radical (unpaired) electrons. The molecule has 1 rings (SSSR count). The molecule has 0 aliphatic heterocycles. The van der Waals surface area contributed by atoms with E-state index in [0.29, 0.717) is 0 Å². The number of rotatable bonds is 6. The Kier molecular flexibility index (Phi) is 8.56. The first-order valence-corrected chi connectivity index (χ1v) is 11.5. The van der Waals surface area contributed by atoms with Gasteiger partial charge in [0.25, 0.3) is 0 Å². The van der Waals surface area contributed by atoms with Crippen molar-refractivity contribution in [2.45, 2.75) is 9.17 Å². The maximum Gasteiger partial charge on any atom is 0.322 e. The molecule has 24 heavy (non-hydrogen) atoms. The van der Waals surface area contributed by atoms with Crippen LogP contribution in [0.25, 0.3) is 0 Å². The molecule has 0 aliphatic rings. The van der Waals surface area contributed by atoms with Gasteiger partial charge in [-0.15, -0.1) is 0 Å². The van der Waals surface area contributed by atoms with Gasteiger partial charge in [-0.2, -0.15) is 0 Å². The van der Waals surface area contributed by atoms with Crippen molar-refractivity contribution in [1.82, 2.24) is 4.90 Å². The molecule has 2 amide bonds. The zero-order chi connectivity index (χ0) is 18.5. The molecular weight excluding hydrogens is 441 g/mol. The Labute approximate surface area is 164 Å². The molecule has 0 heterocycles. The highest BCUT2D eigenvalue weighted by molar-refractivity contribution is 8.68. The van der Waals surface area contributed by atoms with Gasteiger partial charge in [0, 0.05) is 21.3 Å². The van der Waals surface area contributed by atoms with Crippen LogP contribution in [-0.2, 0) is 20.9 Å². The Morgan fingerprint density at radius 1 is 1.38 bits per heavy atom. The van der Waals surface area contributed by atoms with Crippen LogP contribution in [0.3, 0.4) is 0 Å². The van der Waals surface area contributed by atoms with Gasteiger partial charge in [0.2, 0.25) is 9.49 Å². The predicted octanol–water partition coefficient (Wildman–Crippen LogP) is 5.24. The second-order valence-corrected chi connectivity index (χ2v) is 13.2. The number of amides is 2. The van der Waals surface area contributed by atoms with Gasteiger partial charge in [0.1, 0.15) is 11.2 Å². The SMILES string of the molecule is COP(=S)(OC)SC(N(C)C(=O)Nc1ccccc1F)C(Cl)(Cl)Cl. The molecular formula is C12H15Cl3FN2O3PS2. The third kappa shape index (κ3) is 6.18. The molecule has 0 aliphatic carbocycles. The van der Waals surface area contributed by atoms with Crippen LogP contribution in [0.5, 0.6) is 0 Å². The Morgan fingerprint density at radius 2 is 1.92 bits per heavy atom. The average molecular weight is 456 g/mol. The second-order valence-electron chi connectivity index (χ2n) is 4.33. The summed E-state index contributed by atoms with van der Waals surface area (Å²) in [5.41, 5.74) is -2.82. The summed E-state index contributed by atoms with van der Waals surface area (Å²) >= 11 is 24.0. The van der Waals surface area contributed by atoms with Crippen molar-refractivity contribution in [2.24, 2.45) is 0 Å². The number of urea groups is 1. The largest absolute Gasteiger partial charge is 0.325 e. The summed E-state index contributed by atoms with van der Waals surface area (Å²) < 4.78 is 22.1. The van der Waals surface area contributed by atoms with E-state index < -0.39 is 26.7 Å². The summed E-state index contributed by atoms with van der Waals surface area (Å²) in [5, 5.41) is 1.38. The Hall–Kier alpha value is 0.210. The number of alkyl halides is 3. The van der Waals surface area contributed by atoms with Gasteiger partial charge < -0.3 is 19.3 Å². The molecule has 12 heteroatoms. The highest BCUT2D eigenvalue weighted by Gasteiger charge is 2.42. The number of benzene rings is 1. The van der Waals surface area contributed by atoms with Gasteiger partial charge in [-0.1, -0.05) is 46.9 Å². The molecule has 1 aromatic carbocycles. The molecule has 5 nitrogen and oxygen atoms in total. The van der Waals surface area contributed by atoms with Gasteiger partial charge in [0.05, 0.1) is 5.69 Å². The maximum atomic E-state index is 13.7. The van der Waals surface area contributed by atoms with Crippen LogP contribution in [0, 0.1) is 5.82 Å². The van der Waals surface area contributed by atoms with E-state index in [1.54, 1.807) is 6.07 Å². The van der Waals surface area contributed by atoms with E-state index in [2.05, 4.69) is 5.32 Å². The lowest BCUT2D eigenvalue weighted by atomic mass is 10.3. The summed E-state index contributed by atoms with van der Waals surface area (Å²) in [4.78, 5) is 13.5. The number of hydrogen-bond acceptors (Lipinski definition) is 5. The number of halogens is 4. The predicted molar refractivity (Wildman–Crippen MR) is 103 cm³/mol. The molecule has 136 valence electrons. The molecule has 0 saturated carbocycles. The number of nitrogens with zero attached hydrogens (tertiary/aromatic N) is 1. The Balaban J connectivity index is 3.00. The third-order valence-electron chi connectivity index (χ3n) is 2.74. The van der Waals surface area contributed by atoms with Crippen molar-refractivity contribution >= 4 is 75.4 Å². The second kappa shape index (κ2) is 9.24. The fraction of sp³-hybridized carbons (Fsp3) is 0.417. The van der Waals surface area contributed by atoms with Crippen molar-refractivity contribution in [3.8, 4) is 0 Å². The summed E-state index contributed by atoms with van der Waals surface area (Å²) in [7, 11) is 4.12. The van der Waals surface area contributed by atoms with Crippen molar-refractivity contribution in [1.29, 1.82) is 0 Å². The lowest BCUT2D eigenvalue weighted by molar-refractivity contribution is 0.219. The van der Waals surface area contributed by atoms with Crippen LogP contribution in [0.1, 0.15) is 0 Å². The smallest absolute Gasteiger partial charge is 0.322 e. The molecule has 0 spiro atoms. The minimum atomic E-state index is -2.82. The van der Waals surface area contributed by atoms with Crippen LogP contribution < -0.4 is 5.32 Å². The lowest BCUT2D eigenvalue weighted by Gasteiger charge is -2.34. The number of hydrogen-bond donors (Lipinski definition) is 1. The van der Waals surface area contributed by atoms with Gasteiger partial charge >= 0.3 is 6.03 Å². The van der Waals surface area contributed by atoms with Crippen molar-refractivity contribution < 1.29 is 18.2 Å². The van der Waals surface area contributed by atoms with E-state index in [4.69, 9.17) is 55.7 Å². The van der Waals surface area contributed by atoms with Crippen molar-refractivity contribution in [3.05, 3.63) is 30.1 Å². The molecule has 0 aromatic heterocycles.